The zero-order chi connectivity index (χ0) is 9.14. The van der Waals surface area contributed by atoms with E-state index >= 15 is 0 Å². The first-order valence-corrected chi connectivity index (χ1v) is 3.99. The molecule has 0 aliphatic heterocycles. The molecule has 0 bridgehead atoms. The molecule has 0 saturated carbocycles. The number of hydrogen-bond acceptors (Lipinski definition) is 3. The summed E-state index contributed by atoms with van der Waals surface area (Å²) in [7, 11) is 0. The molecule has 3 nitrogen and oxygen atoms in total. The summed E-state index contributed by atoms with van der Waals surface area (Å²) in [6.45, 7) is 2.85. The Kier molecular flexibility index (Phi) is 2.63. The first kappa shape index (κ1) is 8.97. The van der Waals surface area contributed by atoms with E-state index in [4.69, 9.17) is 4.74 Å². The van der Waals surface area contributed by atoms with Gasteiger partial charge in [0.25, 0.3) is 0 Å². The van der Waals surface area contributed by atoms with Crippen LogP contribution in [0.5, 0.6) is 0 Å². The maximum absolute atomic E-state index is 11.0. The second-order valence-electron chi connectivity index (χ2n) is 2.89. The van der Waals surface area contributed by atoms with Crippen molar-refractivity contribution in [1.29, 1.82) is 0 Å². The number of Topliss-reactive ketones (excluding diaryl/α,β-unsaturated/α-hetero) is 1. The van der Waals surface area contributed by atoms with E-state index in [0.717, 1.165) is 12.8 Å². The monoisotopic (exact) mass is 168 g/mol. The highest BCUT2D eigenvalue weighted by Crippen LogP contribution is 2.22. The van der Waals surface area contributed by atoms with E-state index in [1.807, 2.05) is 6.08 Å². The van der Waals surface area contributed by atoms with Crippen LogP contribution >= 0.6 is 0 Å². The zero-order valence-electron chi connectivity index (χ0n) is 7.29. The van der Waals surface area contributed by atoms with E-state index in [2.05, 4.69) is 0 Å². The summed E-state index contributed by atoms with van der Waals surface area (Å²) in [4.78, 5) is 21.6. The molecule has 0 radical (unpaired) electrons. The van der Waals surface area contributed by atoms with E-state index in [1.54, 1.807) is 0 Å². The van der Waals surface area contributed by atoms with Gasteiger partial charge in [-0.15, -0.1) is 0 Å². The van der Waals surface area contributed by atoms with Crippen LogP contribution in [0.15, 0.2) is 11.6 Å². The van der Waals surface area contributed by atoms with Gasteiger partial charge in [0.15, 0.2) is 5.78 Å². The van der Waals surface area contributed by atoms with Crippen LogP contribution in [-0.2, 0) is 14.3 Å². The van der Waals surface area contributed by atoms with Crippen molar-refractivity contribution in [1.82, 2.24) is 0 Å². The van der Waals surface area contributed by atoms with Crippen molar-refractivity contribution in [2.45, 2.75) is 32.8 Å². The Hall–Kier alpha value is -1.12. The van der Waals surface area contributed by atoms with Gasteiger partial charge in [-0.05, 0) is 19.8 Å². The van der Waals surface area contributed by atoms with E-state index in [0.29, 0.717) is 5.57 Å². The Labute approximate surface area is 71.4 Å². The Morgan fingerprint density at radius 2 is 2.17 bits per heavy atom. The Morgan fingerprint density at radius 1 is 1.50 bits per heavy atom. The molecule has 0 fully saturated rings. The molecule has 0 aromatic carbocycles. The highest BCUT2D eigenvalue weighted by atomic mass is 16.5. The normalized spacial score (nSPS) is 21.8. The van der Waals surface area contributed by atoms with Crippen molar-refractivity contribution < 1.29 is 14.3 Å². The van der Waals surface area contributed by atoms with Gasteiger partial charge in [-0.2, -0.15) is 0 Å². The van der Waals surface area contributed by atoms with Gasteiger partial charge >= 0.3 is 5.97 Å². The molecular formula is C9H12O3. The van der Waals surface area contributed by atoms with Gasteiger partial charge < -0.3 is 4.74 Å². The van der Waals surface area contributed by atoms with Gasteiger partial charge in [-0.25, -0.2) is 0 Å². The van der Waals surface area contributed by atoms with Crippen molar-refractivity contribution in [2.75, 3.05) is 0 Å². The van der Waals surface area contributed by atoms with Gasteiger partial charge in [0, 0.05) is 12.5 Å². The van der Waals surface area contributed by atoms with Crippen molar-refractivity contribution in [3.05, 3.63) is 11.6 Å². The zero-order valence-corrected chi connectivity index (χ0v) is 7.29. The molecule has 3 heteroatoms. The predicted octanol–water partition coefficient (Wildman–Crippen LogP) is 1.23. The van der Waals surface area contributed by atoms with Gasteiger partial charge in [0.2, 0.25) is 0 Å². The fourth-order valence-corrected chi connectivity index (χ4v) is 1.37. The van der Waals surface area contributed by atoms with Gasteiger partial charge in [0.05, 0.1) is 0 Å². The lowest BCUT2D eigenvalue weighted by molar-refractivity contribution is -0.144. The summed E-state index contributed by atoms with van der Waals surface area (Å²) in [5.41, 5.74) is 0.644. The molecule has 0 saturated heterocycles. The minimum absolute atomic E-state index is 0.00116. The molecule has 1 rings (SSSR count). The Bertz CT molecular complexity index is 240. The molecular weight excluding hydrogens is 156 g/mol. The number of ether oxygens (including phenoxy) is 1. The first-order valence-electron chi connectivity index (χ1n) is 3.99. The summed E-state index contributed by atoms with van der Waals surface area (Å²) >= 11 is 0. The maximum Gasteiger partial charge on any atom is 0.303 e. The fourth-order valence-electron chi connectivity index (χ4n) is 1.37. The average molecular weight is 168 g/mol. The fraction of sp³-hybridized carbons (Fsp3) is 0.556. The molecule has 1 aliphatic carbocycles. The number of rotatable bonds is 2. The summed E-state index contributed by atoms with van der Waals surface area (Å²) in [6.07, 6.45) is 3.12. The van der Waals surface area contributed by atoms with E-state index in [1.165, 1.54) is 13.8 Å². The second-order valence-corrected chi connectivity index (χ2v) is 2.89. The van der Waals surface area contributed by atoms with Gasteiger partial charge in [-0.1, -0.05) is 6.08 Å². The maximum atomic E-state index is 11.0. The summed E-state index contributed by atoms with van der Waals surface area (Å²) in [5.74, 6) is -0.326. The van der Waals surface area contributed by atoms with Crippen LogP contribution in [0.2, 0.25) is 0 Å². The van der Waals surface area contributed by atoms with Crippen LogP contribution in [0.1, 0.15) is 26.7 Å². The lowest BCUT2D eigenvalue weighted by Crippen LogP contribution is -2.19. The molecule has 66 valence electrons. The smallest absolute Gasteiger partial charge is 0.303 e. The minimum atomic E-state index is -0.325. The quantitative estimate of drug-likeness (QED) is 0.582. The predicted molar refractivity (Wildman–Crippen MR) is 43.6 cm³/mol. The molecule has 0 spiro atoms. The molecule has 12 heavy (non-hydrogen) atoms. The summed E-state index contributed by atoms with van der Waals surface area (Å²) in [6, 6.07) is 0. The standard InChI is InChI=1S/C9H12O3/c1-6(10)8-4-3-5-9(8)12-7(2)11/h4,9H,3,5H2,1-2H3. The molecule has 0 aromatic rings. The Balaban J connectivity index is 2.62. The third-order valence-electron chi connectivity index (χ3n) is 1.85. The number of ketones is 1. The third kappa shape index (κ3) is 1.94. The van der Waals surface area contributed by atoms with E-state index < -0.39 is 0 Å². The first-order chi connectivity index (χ1) is 5.61. The molecule has 1 aliphatic rings. The SMILES string of the molecule is CC(=O)OC1CCC=C1C(C)=O. The topological polar surface area (TPSA) is 43.4 Å². The molecule has 0 N–H and O–H groups in total. The number of carbonyl (C=O) groups is 2. The number of hydrogen-bond donors (Lipinski definition) is 0. The largest absolute Gasteiger partial charge is 0.458 e. The highest BCUT2D eigenvalue weighted by molar-refractivity contribution is 5.95. The Morgan fingerprint density at radius 3 is 2.67 bits per heavy atom. The second kappa shape index (κ2) is 3.52. The van der Waals surface area contributed by atoms with Crippen LogP contribution in [0.25, 0.3) is 0 Å². The number of allylic oxidation sites excluding steroid dienone is 1. The van der Waals surface area contributed by atoms with Gasteiger partial charge in [-0.3, -0.25) is 9.59 Å². The number of esters is 1. The van der Waals surface area contributed by atoms with Crippen LogP contribution < -0.4 is 0 Å². The molecule has 1 unspecified atom stereocenters. The van der Waals surface area contributed by atoms with Crippen molar-refractivity contribution >= 4 is 11.8 Å². The van der Waals surface area contributed by atoms with Crippen LogP contribution in [0, 0.1) is 0 Å². The summed E-state index contributed by atoms with van der Waals surface area (Å²) < 4.78 is 4.96. The number of carbonyl (C=O) groups excluding carboxylic acids is 2. The molecule has 0 aromatic heterocycles. The van der Waals surface area contributed by atoms with Gasteiger partial charge in [0.1, 0.15) is 6.10 Å². The van der Waals surface area contributed by atoms with Crippen LogP contribution in [-0.4, -0.2) is 17.9 Å². The third-order valence-corrected chi connectivity index (χ3v) is 1.85. The van der Waals surface area contributed by atoms with Crippen molar-refractivity contribution in [3.63, 3.8) is 0 Å². The lowest BCUT2D eigenvalue weighted by atomic mass is 10.1. The van der Waals surface area contributed by atoms with Crippen LogP contribution in [0.3, 0.4) is 0 Å². The van der Waals surface area contributed by atoms with Crippen LogP contribution in [0.4, 0.5) is 0 Å². The van der Waals surface area contributed by atoms with E-state index in [9.17, 15) is 9.59 Å². The molecule has 1 atom stereocenters. The highest BCUT2D eigenvalue weighted by Gasteiger charge is 2.24. The molecule has 0 amide bonds. The average Bonchev–Trinajstić information content (AvgIpc) is 2.33. The summed E-state index contributed by atoms with van der Waals surface area (Å²) in [5, 5.41) is 0. The minimum Gasteiger partial charge on any atom is -0.458 e. The molecule has 0 heterocycles. The van der Waals surface area contributed by atoms with Crippen molar-refractivity contribution in [2.24, 2.45) is 0 Å². The van der Waals surface area contributed by atoms with E-state index in [-0.39, 0.29) is 17.9 Å². The van der Waals surface area contributed by atoms with Crippen molar-refractivity contribution in [3.8, 4) is 0 Å². The lowest BCUT2D eigenvalue weighted by Gasteiger charge is -2.12.